The van der Waals surface area contributed by atoms with E-state index in [2.05, 4.69) is 10.2 Å². The van der Waals surface area contributed by atoms with Crippen LogP contribution in [0.1, 0.15) is 5.56 Å². The fourth-order valence-corrected chi connectivity index (χ4v) is 1.59. The third kappa shape index (κ3) is 3.27. The summed E-state index contributed by atoms with van der Waals surface area (Å²) >= 11 is 11.3. The van der Waals surface area contributed by atoms with Crippen molar-refractivity contribution in [2.75, 3.05) is 0 Å². The van der Waals surface area contributed by atoms with E-state index >= 15 is 0 Å². The average molecular weight is 309 g/mol. The summed E-state index contributed by atoms with van der Waals surface area (Å²) in [7, 11) is 0. The Labute approximate surface area is 115 Å². The van der Waals surface area contributed by atoms with Crippen LogP contribution in [-0.4, -0.2) is 10.2 Å². The third-order valence-corrected chi connectivity index (χ3v) is 2.55. The van der Waals surface area contributed by atoms with Crippen LogP contribution in [0.15, 0.2) is 30.3 Å². The SMILES string of the molecule is FC(F)(F)c1ccccc1Oc1cc(Cl)nnc1Cl. The van der Waals surface area contributed by atoms with E-state index in [4.69, 9.17) is 27.9 Å². The van der Waals surface area contributed by atoms with E-state index in [1.54, 1.807) is 0 Å². The van der Waals surface area contributed by atoms with Gasteiger partial charge in [0.05, 0.1) is 5.56 Å². The molecule has 1 heterocycles. The van der Waals surface area contributed by atoms with Gasteiger partial charge in [-0.15, -0.1) is 10.2 Å². The molecule has 0 fully saturated rings. The first-order chi connectivity index (χ1) is 8.88. The maximum atomic E-state index is 12.8. The average Bonchev–Trinajstić information content (AvgIpc) is 2.33. The van der Waals surface area contributed by atoms with Crippen molar-refractivity contribution in [2.45, 2.75) is 6.18 Å². The molecule has 0 amide bonds. The lowest BCUT2D eigenvalue weighted by Gasteiger charge is -2.13. The number of para-hydroxylation sites is 1. The molecule has 0 bridgehead atoms. The van der Waals surface area contributed by atoms with Gasteiger partial charge in [-0.3, -0.25) is 0 Å². The van der Waals surface area contributed by atoms with Gasteiger partial charge in [-0.25, -0.2) is 0 Å². The summed E-state index contributed by atoms with van der Waals surface area (Å²) in [6.07, 6.45) is -4.53. The van der Waals surface area contributed by atoms with Crippen LogP contribution in [0.3, 0.4) is 0 Å². The van der Waals surface area contributed by atoms with Gasteiger partial charge in [-0.05, 0) is 12.1 Å². The Morgan fingerprint density at radius 1 is 1.00 bits per heavy atom. The molecule has 3 nitrogen and oxygen atoms in total. The molecule has 0 unspecified atom stereocenters. The molecule has 100 valence electrons. The van der Waals surface area contributed by atoms with Crippen molar-refractivity contribution in [3.05, 3.63) is 46.2 Å². The van der Waals surface area contributed by atoms with Crippen molar-refractivity contribution in [2.24, 2.45) is 0 Å². The van der Waals surface area contributed by atoms with E-state index in [1.165, 1.54) is 24.3 Å². The molecule has 0 radical (unpaired) electrons. The second-order valence-corrected chi connectivity index (χ2v) is 4.16. The summed E-state index contributed by atoms with van der Waals surface area (Å²) in [5.74, 6) is -0.487. The lowest BCUT2D eigenvalue weighted by atomic mass is 10.2. The molecule has 0 aliphatic carbocycles. The van der Waals surface area contributed by atoms with Gasteiger partial charge in [0, 0.05) is 6.07 Å². The van der Waals surface area contributed by atoms with Crippen LogP contribution in [0, 0.1) is 0 Å². The van der Waals surface area contributed by atoms with E-state index in [1.807, 2.05) is 0 Å². The van der Waals surface area contributed by atoms with E-state index in [9.17, 15) is 13.2 Å². The van der Waals surface area contributed by atoms with Crippen LogP contribution in [0.5, 0.6) is 11.5 Å². The van der Waals surface area contributed by atoms with Gasteiger partial charge in [-0.1, -0.05) is 35.3 Å². The van der Waals surface area contributed by atoms with Crippen molar-refractivity contribution in [3.8, 4) is 11.5 Å². The molecule has 1 aromatic heterocycles. The number of benzene rings is 1. The zero-order chi connectivity index (χ0) is 14.0. The number of ether oxygens (including phenoxy) is 1. The molecule has 0 aliphatic heterocycles. The maximum absolute atomic E-state index is 12.8. The van der Waals surface area contributed by atoms with E-state index in [-0.39, 0.29) is 21.8 Å². The lowest BCUT2D eigenvalue weighted by molar-refractivity contribution is -0.138. The number of halogens is 5. The van der Waals surface area contributed by atoms with Crippen LogP contribution in [0.2, 0.25) is 10.3 Å². The molecule has 0 spiro atoms. The third-order valence-electron chi connectivity index (χ3n) is 2.10. The summed E-state index contributed by atoms with van der Waals surface area (Å²) < 4.78 is 43.4. The summed E-state index contributed by atoms with van der Waals surface area (Å²) in [6, 6.07) is 5.93. The molecule has 0 N–H and O–H groups in total. The standard InChI is InChI=1S/C11H5Cl2F3N2O/c12-9-5-8(10(13)18-17-9)19-7-4-2-1-3-6(7)11(14,15)16/h1-5H. The van der Waals surface area contributed by atoms with Gasteiger partial charge in [0.25, 0.3) is 0 Å². The predicted molar refractivity (Wildman–Crippen MR) is 63.6 cm³/mol. The summed E-state index contributed by atoms with van der Waals surface area (Å²) in [5.41, 5.74) is -0.918. The number of alkyl halides is 3. The Hall–Kier alpha value is -1.53. The van der Waals surface area contributed by atoms with E-state index in [0.717, 1.165) is 6.07 Å². The van der Waals surface area contributed by atoms with Gasteiger partial charge in [-0.2, -0.15) is 13.2 Å². The fourth-order valence-electron chi connectivity index (χ4n) is 1.32. The highest BCUT2D eigenvalue weighted by atomic mass is 35.5. The van der Waals surface area contributed by atoms with Crippen LogP contribution in [-0.2, 0) is 6.18 Å². The molecule has 2 aromatic rings. The minimum atomic E-state index is -4.53. The zero-order valence-electron chi connectivity index (χ0n) is 9.08. The molecular formula is C11H5Cl2F3N2O. The molecule has 0 saturated heterocycles. The molecule has 8 heteroatoms. The fraction of sp³-hybridized carbons (Fsp3) is 0.0909. The summed E-state index contributed by atoms with van der Waals surface area (Å²) in [5, 5.41) is 6.66. The molecule has 2 rings (SSSR count). The minimum Gasteiger partial charge on any atom is -0.453 e. The highest BCUT2D eigenvalue weighted by molar-refractivity contribution is 6.32. The number of rotatable bonds is 2. The second kappa shape index (κ2) is 5.22. The quantitative estimate of drug-likeness (QED) is 0.813. The van der Waals surface area contributed by atoms with Crippen molar-refractivity contribution >= 4 is 23.2 Å². The van der Waals surface area contributed by atoms with Gasteiger partial charge >= 0.3 is 6.18 Å². The topological polar surface area (TPSA) is 35.0 Å². The Morgan fingerprint density at radius 2 is 1.68 bits per heavy atom. The first-order valence-electron chi connectivity index (χ1n) is 4.91. The molecular weight excluding hydrogens is 304 g/mol. The van der Waals surface area contributed by atoms with Gasteiger partial charge in [0.2, 0.25) is 0 Å². The van der Waals surface area contributed by atoms with Crippen LogP contribution < -0.4 is 4.74 Å². The summed E-state index contributed by atoms with van der Waals surface area (Å²) in [4.78, 5) is 0. The molecule has 0 saturated carbocycles. The first kappa shape index (κ1) is 13.9. The number of nitrogens with zero attached hydrogens (tertiary/aromatic N) is 2. The molecule has 19 heavy (non-hydrogen) atoms. The molecule has 0 aliphatic rings. The smallest absolute Gasteiger partial charge is 0.419 e. The van der Waals surface area contributed by atoms with Gasteiger partial charge in [0.15, 0.2) is 16.1 Å². The second-order valence-electron chi connectivity index (χ2n) is 3.42. The number of hydrogen-bond donors (Lipinski definition) is 0. The Morgan fingerprint density at radius 3 is 2.37 bits per heavy atom. The Kier molecular flexibility index (Phi) is 3.82. The van der Waals surface area contributed by atoms with Crippen LogP contribution >= 0.6 is 23.2 Å². The predicted octanol–water partition coefficient (Wildman–Crippen LogP) is 4.59. The summed E-state index contributed by atoms with van der Waals surface area (Å²) in [6.45, 7) is 0. The monoisotopic (exact) mass is 308 g/mol. The zero-order valence-corrected chi connectivity index (χ0v) is 10.6. The van der Waals surface area contributed by atoms with Crippen LogP contribution in [0.25, 0.3) is 0 Å². The molecule has 1 aromatic carbocycles. The van der Waals surface area contributed by atoms with Crippen LogP contribution in [0.4, 0.5) is 13.2 Å². The van der Waals surface area contributed by atoms with Crippen molar-refractivity contribution in [1.29, 1.82) is 0 Å². The maximum Gasteiger partial charge on any atom is 0.419 e. The van der Waals surface area contributed by atoms with E-state index < -0.39 is 11.7 Å². The number of hydrogen-bond acceptors (Lipinski definition) is 3. The minimum absolute atomic E-state index is 0.0381. The van der Waals surface area contributed by atoms with Crippen molar-refractivity contribution < 1.29 is 17.9 Å². The highest BCUT2D eigenvalue weighted by Gasteiger charge is 2.34. The van der Waals surface area contributed by atoms with Crippen molar-refractivity contribution in [3.63, 3.8) is 0 Å². The van der Waals surface area contributed by atoms with E-state index in [0.29, 0.717) is 0 Å². The Balaban J connectivity index is 2.41. The highest BCUT2D eigenvalue weighted by Crippen LogP contribution is 2.39. The van der Waals surface area contributed by atoms with Gasteiger partial charge in [0.1, 0.15) is 5.75 Å². The lowest BCUT2D eigenvalue weighted by Crippen LogP contribution is -2.07. The Bertz CT molecular complexity index is 605. The largest absolute Gasteiger partial charge is 0.453 e. The number of aromatic nitrogens is 2. The van der Waals surface area contributed by atoms with Crippen molar-refractivity contribution in [1.82, 2.24) is 10.2 Å². The normalized spacial score (nSPS) is 11.4. The van der Waals surface area contributed by atoms with Gasteiger partial charge < -0.3 is 4.74 Å². The first-order valence-corrected chi connectivity index (χ1v) is 5.66. The molecule has 0 atom stereocenters.